The number of rotatable bonds is 6. The number of hydrogen-bond donors (Lipinski definition) is 1. The minimum atomic E-state index is -0.576. The molecule has 0 fully saturated rings. The van der Waals surface area contributed by atoms with E-state index in [-0.39, 0.29) is 12.5 Å². The number of nitrogens with one attached hydrogen (secondary N) is 1. The Morgan fingerprint density at radius 1 is 1.35 bits per heavy atom. The van der Waals surface area contributed by atoms with Crippen molar-refractivity contribution in [1.82, 2.24) is 5.32 Å². The van der Waals surface area contributed by atoms with Crippen LogP contribution in [0, 0.1) is 6.92 Å². The van der Waals surface area contributed by atoms with E-state index in [9.17, 15) is 9.59 Å². The Labute approximate surface area is 143 Å². The molecule has 0 spiro atoms. The molecule has 23 heavy (non-hydrogen) atoms. The third-order valence-corrected chi connectivity index (χ3v) is 4.28. The molecule has 1 heterocycles. The summed E-state index contributed by atoms with van der Waals surface area (Å²) in [7, 11) is 0. The van der Waals surface area contributed by atoms with Crippen LogP contribution in [0.2, 0.25) is 5.02 Å². The van der Waals surface area contributed by atoms with Gasteiger partial charge in [-0.25, -0.2) is 4.79 Å². The topological polar surface area (TPSA) is 55.4 Å². The average Bonchev–Trinajstić information content (AvgIpc) is 3.05. The van der Waals surface area contributed by atoms with E-state index in [0.29, 0.717) is 11.6 Å². The number of amides is 1. The molecule has 1 aromatic heterocycles. The molecule has 1 N–H and O–H groups in total. The molecule has 0 aliphatic heterocycles. The number of benzene rings is 1. The maximum absolute atomic E-state index is 11.6. The molecule has 6 heteroatoms. The van der Waals surface area contributed by atoms with Crippen LogP contribution in [0.1, 0.15) is 16.0 Å². The van der Waals surface area contributed by atoms with Crippen molar-refractivity contribution in [2.45, 2.75) is 13.5 Å². The third-order valence-electron chi connectivity index (χ3n) is 2.99. The fourth-order valence-electron chi connectivity index (χ4n) is 1.71. The summed E-state index contributed by atoms with van der Waals surface area (Å²) in [6, 6.07) is 9.30. The Balaban J connectivity index is 1.74. The van der Waals surface area contributed by atoms with Crippen LogP contribution in [0.25, 0.3) is 6.08 Å². The van der Waals surface area contributed by atoms with Crippen molar-refractivity contribution in [3.05, 3.63) is 62.8 Å². The number of halogens is 1. The molecule has 0 radical (unpaired) electrons. The summed E-state index contributed by atoms with van der Waals surface area (Å²) >= 11 is 7.56. The predicted molar refractivity (Wildman–Crippen MR) is 92.3 cm³/mol. The Morgan fingerprint density at radius 2 is 2.17 bits per heavy atom. The standard InChI is InChI=1S/C17H16ClNO3S/c1-12-4-5-13(9-15(12)18)6-7-17(21)22-11-16(20)19-10-14-3-2-8-23-14/h2-9H,10-11H2,1H3,(H,19,20)/b7-6+. The molecule has 0 unspecified atom stereocenters. The van der Waals surface area contributed by atoms with E-state index < -0.39 is 5.97 Å². The van der Waals surface area contributed by atoms with E-state index >= 15 is 0 Å². The van der Waals surface area contributed by atoms with Gasteiger partial charge in [0.2, 0.25) is 0 Å². The Kier molecular flexibility index (Phi) is 6.38. The van der Waals surface area contributed by atoms with Gasteiger partial charge in [0, 0.05) is 16.0 Å². The molecular formula is C17H16ClNO3S. The van der Waals surface area contributed by atoms with Crippen molar-refractivity contribution in [1.29, 1.82) is 0 Å². The number of thiophene rings is 1. The number of hydrogen-bond acceptors (Lipinski definition) is 4. The summed E-state index contributed by atoms with van der Waals surface area (Å²) in [5.74, 6) is -0.911. The lowest BCUT2D eigenvalue weighted by Crippen LogP contribution is -2.27. The predicted octanol–water partition coefficient (Wildman–Crippen LogP) is 3.58. The lowest BCUT2D eigenvalue weighted by molar-refractivity contribution is -0.143. The molecule has 0 aliphatic rings. The van der Waals surface area contributed by atoms with Gasteiger partial charge in [0.25, 0.3) is 5.91 Å². The third kappa shape index (κ3) is 5.88. The fourth-order valence-corrected chi connectivity index (χ4v) is 2.55. The summed E-state index contributed by atoms with van der Waals surface area (Å²) in [5, 5.41) is 5.25. The number of aryl methyl sites for hydroxylation is 1. The van der Waals surface area contributed by atoms with E-state index in [0.717, 1.165) is 16.0 Å². The summed E-state index contributed by atoms with van der Waals surface area (Å²) < 4.78 is 4.88. The molecule has 0 aliphatic carbocycles. The van der Waals surface area contributed by atoms with Gasteiger partial charge in [0.05, 0.1) is 6.54 Å². The van der Waals surface area contributed by atoms with Crippen molar-refractivity contribution in [3.63, 3.8) is 0 Å². The summed E-state index contributed by atoms with van der Waals surface area (Å²) in [6.07, 6.45) is 2.87. The van der Waals surface area contributed by atoms with E-state index in [4.69, 9.17) is 16.3 Å². The van der Waals surface area contributed by atoms with Crippen LogP contribution >= 0.6 is 22.9 Å². The smallest absolute Gasteiger partial charge is 0.331 e. The van der Waals surface area contributed by atoms with Gasteiger partial charge in [-0.05, 0) is 41.6 Å². The van der Waals surface area contributed by atoms with Gasteiger partial charge < -0.3 is 10.1 Å². The zero-order chi connectivity index (χ0) is 16.7. The summed E-state index contributed by atoms with van der Waals surface area (Å²) in [6.45, 7) is 2.04. The van der Waals surface area contributed by atoms with Gasteiger partial charge in [0.15, 0.2) is 6.61 Å². The van der Waals surface area contributed by atoms with Gasteiger partial charge in [-0.1, -0.05) is 29.8 Å². The van der Waals surface area contributed by atoms with Gasteiger partial charge in [0.1, 0.15) is 0 Å². The van der Waals surface area contributed by atoms with Crippen LogP contribution in [0.5, 0.6) is 0 Å². The molecule has 1 amide bonds. The van der Waals surface area contributed by atoms with Crippen LogP contribution < -0.4 is 5.32 Å². The second kappa shape index (κ2) is 8.50. The monoisotopic (exact) mass is 349 g/mol. The fraction of sp³-hybridized carbons (Fsp3) is 0.176. The second-order valence-corrected chi connectivity index (χ2v) is 6.25. The van der Waals surface area contributed by atoms with Gasteiger partial charge >= 0.3 is 5.97 Å². The van der Waals surface area contributed by atoms with E-state index in [1.807, 2.05) is 36.6 Å². The average molecular weight is 350 g/mol. The Hall–Kier alpha value is -2.11. The Morgan fingerprint density at radius 3 is 2.87 bits per heavy atom. The second-order valence-electron chi connectivity index (χ2n) is 4.81. The lowest BCUT2D eigenvalue weighted by Gasteiger charge is -2.04. The van der Waals surface area contributed by atoms with Crippen LogP contribution in [-0.2, 0) is 20.9 Å². The van der Waals surface area contributed by atoms with Gasteiger partial charge in [-0.15, -0.1) is 11.3 Å². The van der Waals surface area contributed by atoms with E-state index in [2.05, 4.69) is 5.32 Å². The first-order valence-corrected chi connectivity index (χ1v) is 8.20. The molecule has 0 saturated heterocycles. The highest BCUT2D eigenvalue weighted by atomic mass is 35.5. The molecular weight excluding hydrogens is 334 g/mol. The first-order valence-electron chi connectivity index (χ1n) is 6.94. The van der Waals surface area contributed by atoms with Crippen molar-refractivity contribution in [3.8, 4) is 0 Å². The molecule has 0 atom stereocenters. The quantitative estimate of drug-likeness (QED) is 0.640. The first kappa shape index (κ1) is 17.2. The minimum absolute atomic E-state index is 0.302. The van der Waals surface area contributed by atoms with Crippen molar-refractivity contribution >= 4 is 40.9 Å². The maximum atomic E-state index is 11.6. The van der Waals surface area contributed by atoms with E-state index in [1.54, 1.807) is 23.5 Å². The van der Waals surface area contributed by atoms with Crippen LogP contribution in [0.4, 0.5) is 0 Å². The molecule has 0 saturated carbocycles. The molecule has 2 rings (SSSR count). The van der Waals surface area contributed by atoms with Crippen LogP contribution in [0.15, 0.2) is 41.8 Å². The van der Waals surface area contributed by atoms with Gasteiger partial charge in [-0.3, -0.25) is 4.79 Å². The maximum Gasteiger partial charge on any atom is 0.331 e. The molecule has 1 aromatic carbocycles. The van der Waals surface area contributed by atoms with Crippen molar-refractivity contribution in [2.24, 2.45) is 0 Å². The zero-order valence-electron chi connectivity index (χ0n) is 12.5. The molecule has 120 valence electrons. The van der Waals surface area contributed by atoms with Crippen molar-refractivity contribution in [2.75, 3.05) is 6.61 Å². The van der Waals surface area contributed by atoms with E-state index in [1.165, 1.54) is 6.08 Å². The highest BCUT2D eigenvalue weighted by Gasteiger charge is 2.05. The zero-order valence-corrected chi connectivity index (χ0v) is 14.1. The first-order chi connectivity index (χ1) is 11.0. The largest absolute Gasteiger partial charge is 0.452 e. The SMILES string of the molecule is Cc1ccc(/C=C/C(=O)OCC(=O)NCc2cccs2)cc1Cl. The Bertz CT molecular complexity index is 711. The summed E-state index contributed by atoms with van der Waals surface area (Å²) in [4.78, 5) is 24.2. The molecule has 2 aromatic rings. The molecule has 4 nitrogen and oxygen atoms in total. The minimum Gasteiger partial charge on any atom is -0.452 e. The number of carbonyl (C=O) groups is 2. The highest BCUT2D eigenvalue weighted by molar-refractivity contribution is 7.09. The lowest BCUT2D eigenvalue weighted by atomic mass is 10.1. The van der Waals surface area contributed by atoms with Crippen molar-refractivity contribution < 1.29 is 14.3 Å². The number of carbonyl (C=O) groups excluding carboxylic acids is 2. The number of ether oxygens (including phenoxy) is 1. The van der Waals surface area contributed by atoms with Gasteiger partial charge in [-0.2, -0.15) is 0 Å². The van der Waals surface area contributed by atoms with Crippen LogP contribution in [0.3, 0.4) is 0 Å². The number of esters is 1. The summed E-state index contributed by atoms with van der Waals surface area (Å²) in [5.41, 5.74) is 1.76. The highest BCUT2D eigenvalue weighted by Crippen LogP contribution is 2.17. The molecule has 0 bridgehead atoms. The van der Waals surface area contributed by atoms with Crippen LogP contribution in [-0.4, -0.2) is 18.5 Å². The normalized spacial score (nSPS) is 10.7.